The van der Waals surface area contributed by atoms with E-state index in [-0.39, 0.29) is 12.2 Å². The number of rotatable bonds is 7. The third kappa shape index (κ3) is 3.85. The van der Waals surface area contributed by atoms with Crippen molar-refractivity contribution in [3.8, 4) is 22.5 Å². The maximum atomic E-state index is 11.8. The van der Waals surface area contributed by atoms with Crippen molar-refractivity contribution in [2.45, 2.75) is 13.2 Å². The van der Waals surface area contributed by atoms with Crippen LogP contribution in [0.4, 0.5) is 0 Å². The van der Waals surface area contributed by atoms with Crippen LogP contribution in [0.3, 0.4) is 0 Å². The normalized spacial score (nSPS) is 11.2. The Morgan fingerprint density at radius 1 is 1.03 bits per heavy atom. The van der Waals surface area contributed by atoms with Crippen LogP contribution < -0.4 is 0 Å². The molecule has 0 aliphatic rings. The highest BCUT2D eigenvalue weighted by atomic mass is 16.5. The summed E-state index contributed by atoms with van der Waals surface area (Å²) in [7, 11) is 1.60. The van der Waals surface area contributed by atoms with Gasteiger partial charge in [0.05, 0.1) is 16.6 Å². The Balaban J connectivity index is 1.53. The maximum Gasteiger partial charge on any atom is 0.337 e. The quantitative estimate of drug-likeness (QED) is 0.395. The first-order valence-corrected chi connectivity index (χ1v) is 10.3. The molecule has 0 saturated carbocycles. The number of methoxy groups -OCH3 is 1. The zero-order valence-corrected chi connectivity index (χ0v) is 17.8. The second-order valence-corrected chi connectivity index (χ2v) is 7.50. The van der Waals surface area contributed by atoms with Crippen LogP contribution in [0.1, 0.15) is 21.7 Å². The SMILES string of the molecule is COCc1nc2cccc(C(=O)O)c2n1Cc1ccc(-c2ccccc2-c2nn[nH]n2)cc1. The van der Waals surface area contributed by atoms with E-state index < -0.39 is 5.97 Å². The van der Waals surface area contributed by atoms with Crippen molar-refractivity contribution >= 4 is 17.0 Å². The van der Waals surface area contributed by atoms with E-state index in [1.165, 1.54) is 0 Å². The van der Waals surface area contributed by atoms with Gasteiger partial charge < -0.3 is 14.4 Å². The summed E-state index contributed by atoms with van der Waals surface area (Å²) in [6.07, 6.45) is 0. The third-order valence-corrected chi connectivity index (χ3v) is 5.47. The molecule has 0 saturated heterocycles. The predicted molar refractivity (Wildman–Crippen MR) is 122 cm³/mol. The van der Waals surface area contributed by atoms with E-state index in [0.717, 1.165) is 22.3 Å². The number of aromatic nitrogens is 6. The van der Waals surface area contributed by atoms with Gasteiger partial charge in [-0.25, -0.2) is 9.78 Å². The third-order valence-electron chi connectivity index (χ3n) is 5.47. The number of fused-ring (bicyclic) bond motifs is 1. The molecule has 5 aromatic rings. The molecule has 9 nitrogen and oxygen atoms in total. The van der Waals surface area contributed by atoms with E-state index in [2.05, 4.69) is 25.6 Å². The highest BCUT2D eigenvalue weighted by Gasteiger charge is 2.18. The summed E-state index contributed by atoms with van der Waals surface area (Å²) in [5, 5.41) is 24.0. The fraction of sp³-hybridized carbons (Fsp3) is 0.125. The maximum absolute atomic E-state index is 11.8. The van der Waals surface area contributed by atoms with Gasteiger partial charge in [0.25, 0.3) is 0 Å². The first kappa shape index (κ1) is 20.5. The van der Waals surface area contributed by atoms with Gasteiger partial charge >= 0.3 is 5.97 Å². The van der Waals surface area contributed by atoms with Crippen LogP contribution in [0.25, 0.3) is 33.5 Å². The van der Waals surface area contributed by atoms with Crippen molar-refractivity contribution in [2.75, 3.05) is 7.11 Å². The minimum atomic E-state index is -0.987. The fourth-order valence-corrected chi connectivity index (χ4v) is 3.99. The molecule has 0 spiro atoms. The second-order valence-electron chi connectivity index (χ2n) is 7.50. The molecule has 0 aliphatic heterocycles. The standard InChI is InChI=1S/C24H20N6O3/c1-33-14-21-25-20-8-4-7-19(24(31)32)22(20)30(21)13-15-9-11-16(12-10-15)17-5-2-3-6-18(17)23-26-28-29-27-23/h2-12H,13-14H2,1H3,(H,31,32)(H,26,27,28,29). The lowest BCUT2D eigenvalue weighted by Gasteiger charge is -2.12. The number of H-pyrrole nitrogens is 1. The molecule has 0 unspecified atom stereocenters. The number of nitrogens with zero attached hydrogens (tertiary/aromatic N) is 5. The molecule has 2 N–H and O–H groups in total. The minimum Gasteiger partial charge on any atom is -0.478 e. The van der Waals surface area contributed by atoms with Gasteiger partial charge in [0.1, 0.15) is 12.4 Å². The number of imidazole rings is 1. The van der Waals surface area contributed by atoms with E-state index in [4.69, 9.17) is 4.74 Å². The van der Waals surface area contributed by atoms with E-state index >= 15 is 0 Å². The number of hydrogen-bond donors (Lipinski definition) is 2. The summed E-state index contributed by atoms with van der Waals surface area (Å²) in [5.41, 5.74) is 5.33. The number of hydrogen-bond acceptors (Lipinski definition) is 6. The second kappa shape index (κ2) is 8.64. The monoisotopic (exact) mass is 440 g/mol. The topological polar surface area (TPSA) is 119 Å². The van der Waals surface area contributed by atoms with Crippen molar-refractivity contribution in [3.05, 3.63) is 83.7 Å². The molecule has 3 aromatic carbocycles. The molecule has 2 aromatic heterocycles. The number of carbonyl (C=O) groups is 1. The first-order valence-electron chi connectivity index (χ1n) is 10.3. The van der Waals surface area contributed by atoms with Crippen LogP contribution in [0.5, 0.6) is 0 Å². The van der Waals surface area contributed by atoms with Gasteiger partial charge in [0.15, 0.2) is 0 Å². The zero-order valence-electron chi connectivity index (χ0n) is 17.8. The Morgan fingerprint density at radius 2 is 1.82 bits per heavy atom. The Hall–Kier alpha value is -4.37. The van der Waals surface area contributed by atoms with E-state index in [0.29, 0.717) is 29.2 Å². The van der Waals surface area contributed by atoms with Crippen molar-refractivity contribution in [1.29, 1.82) is 0 Å². The Bertz CT molecular complexity index is 1420. The highest BCUT2D eigenvalue weighted by Crippen LogP contribution is 2.30. The zero-order chi connectivity index (χ0) is 22.8. The molecule has 33 heavy (non-hydrogen) atoms. The lowest BCUT2D eigenvalue weighted by atomic mass is 9.98. The lowest BCUT2D eigenvalue weighted by molar-refractivity contribution is 0.0698. The van der Waals surface area contributed by atoms with Gasteiger partial charge in [0.2, 0.25) is 5.82 Å². The molecule has 0 bridgehead atoms. The molecule has 0 atom stereocenters. The Labute approximate surface area is 188 Å². The molecule has 2 heterocycles. The van der Waals surface area contributed by atoms with Crippen LogP contribution in [0.15, 0.2) is 66.7 Å². The lowest BCUT2D eigenvalue weighted by Crippen LogP contribution is -2.09. The number of benzene rings is 3. The number of carboxylic acids is 1. The minimum absolute atomic E-state index is 0.216. The van der Waals surface area contributed by atoms with Gasteiger partial charge in [-0.05, 0) is 34.0 Å². The van der Waals surface area contributed by atoms with Crippen molar-refractivity contribution in [1.82, 2.24) is 30.2 Å². The number of para-hydroxylation sites is 1. The fourth-order valence-electron chi connectivity index (χ4n) is 3.99. The summed E-state index contributed by atoms with van der Waals surface area (Å²) >= 11 is 0. The highest BCUT2D eigenvalue weighted by molar-refractivity contribution is 6.01. The number of nitrogens with one attached hydrogen (secondary N) is 1. The average Bonchev–Trinajstić information content (AvgIpc) is 3.49. The van der Waals surface area contributed by atoms with E-state index in [1.807, 2.05) is 59.2 Å². The van der Waals surface area contributed by atoms with Gasteiger partial charge in [-0.1, -0.05) is 54.6 Å². The number of aromatic amines is 1. The molecule has 5 rings (SSSR count). The molecule has 0 aliphatic carbocycles. The summed E-state index contributed by atoms with van der Waals surface area (Å²) in [6.45, 7) is 0.746. The van der Waals surface area contributed by atoms with Crippen molar-refractivity contribution in [2.24, 2.45) is 0 Å². The van der Waals surface area contributed by atoms with Crippen molar-refractivity contribution in [3.63, 3.8) is 0 Å². The average molecular weight is 440 g/mol. The number of carboxylic acid groups (broad SMARTS) is 1. The molecule has 164 valence electrons. The van der Waals surface area contributed by atoms with E-state index in [9.17, 15) is 9.90 Å². The van der Waals surface area contributed by atoms with Gasteiger partial charge in [-0.3, -0.25) is 0 Å². The summed E-state index contributed by atoms with van der Waals surface area (Å²) in [5.74, 6) is 0.219. The summed E-state index contributed by atoms with van der Waals surface area (Å²) in [6, 6.07) is 21.1. The smallest absolute Gasteiger partial charge is 0.337 e. The molecular weight excluding hydrogens is 420 g/mol. The summed E-state index contributed by atoms with van der Waals surface area (Å²) in [4.78, 5) is 16.4. The number of aromatic carboxylic acids is 1. The molecular formula is C24H20N6O3. The van der Waals surface area contributed by atoms with Gasteiger partial charge in [-0.15, -0.1) is 10.2 Å². The molecule has 0 fully saturated rings. The van der Waals surface area contributed by atoms with Crippen LogP contribution in [-0.2, 0) is 17.9 Å². The summed E-state index contributed by atoms with van der Waals surface area (Å²) < 4.78 is 7.22. The van der Waals surface area contributed by atoms with Crippen LogP contribution in [-0.4, -0.2) is 48.4 Å². The molecule has 0 radical (unpaired) electrons. The van der Waals surface area contributed by atoms with Gasteiger partial charge in [-0.2, -0.15) is 5.21 Å². The Morgan fingerprint density at radius 3 is 2.52 bits per heavy atom. The number of tetrazole rings is 1. The van der Waals surface area contributed by atoms with Crippen LogP contribution >= 0.6 is 0 Å². The predicted octanol–water partition coefficient (Wildman–Crippen LogP) is 3.78. The van der Waals surface area contributed by atoms with Crippen LogP contribution in [0.2, 0.25) is 0 Å². The van der Waals surface area contributed by atoms with Crippen molar-refractivity contribution < 1.29 is 14.6 Å². The van der Waals surface area contributed by atoms with Gasteiger partial charge in [0, 0.05) is 19.2 Å². The number of ether oxygens (including phenoxy) is 1. The molecule has 0 amide bonds. The molecule has 9 heteroatoms. The van der Waals surface area contributed by atoms with E-state index in [1.54, 1.807) is 19.2 Å². The Kier molecular flexibility index (Phi) is 5.37. The first-order chi connectivity index (χ1) is 16.2. The van der Waals surface area contributed by atoms with Crippen LogP contribution in [0, 0.1) is 0 Å². The largest absolute Gasteiger partial charge is 0.478 e.